The van der Waals surface area contributed by atoms with Crippen LogP contribution in [0.25, 0.3) is 0 Å². The second kappa shape index (κ2) is 6.09. The number of hydrogen-bond donors (Lipinski definition) is 1. The third-order valence-electron chi connectivity index (χ3n) is 4.67. The van der Waals surface area contributed by atoms with Gasteiger partial charge in [0, 0.05) is 13.7 Å². The molecule has 7 heteroatoms. The summed E-state index contributed by atoms with van der Waals surface area (Å²) >= 11 is 0. The van der Waals surface area contributed by atoms with Gasteiger partial charge < -0.3 is 10.1 Å². The molecule has 1 aliphatic heterocycles. The van der Waals surface area contributed by atoms with Crippen LogP contribution in [0.15, 0.2) is 0 Å². The van der Waals surface area contributed by atoms with Crippen molar-refractivity contribution in [3.63, 3.8) is 0 Å². The normalized spacial score (nSPS) is 24.3. The molecule has 116 valence electrons. The minimum atomic E-state index is -0.239. The molecule has 0 bridgehead atoms. The number of rotatable bonds is 4. The van der Waals surface area contributed by atoms with Crippen LogP contribution in [-0.2, 0) is 16.1 Å². The maximum atomic E-state index is 12.8. The van der Waals surface area contributed by atoms with E-state index in [0.717, 1.165) is 51.5 Å². The van der Waals surface area contributed by atoms with Gasteiger partial charge in [-0.2, -0.15) is 0 Å². The van der Waals surface area contributed by atoms with Gasteiger partial charge in [-0.25, -0.2) is 4.68 Å². The zero-order valence-corrected chi connectivity index (χ0v) is 12.5. The summed E-state index contributed by atoms with van der Waals surface area (Å²) in [4.78, 5) is 12.8. The van der Waals surface area contributed by atoms with E-state index in [9.17, 15) is 4.79 Å². The summed E-state index contributed by atoms with van der Waals surface area (Å²) in [5.74, 6) is 0.513. The number of carbonyl (C=O) groups excluding carboxylic acids is 1. The number of amides is 1. The lowest BCUT2D eigenvalue weighted by molar-refractivity contribution is -0.125. The molecule has 1 unspecified atom stereocenters. The van der Waals surface area contributed by atoms with E-state index in [1.807, 2.05) is 0 Å². The maximum absolute atomic E-state index is 12.8. The number of hydrogen-bond acceptors (Lipinski definition) is 5. The second-order valence-corrected chi connectivity index (χ2v) is 6.22. The lowest BCUT2D eigenvalue weighted by atomic mass is 9.95. The Hall–Kier alpha value is -1.50. The molecule has 3 rings (SSSR count). The van der Waals surface area contributed by atoms with Crippen molar-refractivity contribution in [2.45, 2.75) is 62.9 Å². The van der Waals surface area contributed by atoms with Crippen LogP contribution in [0, 0.1) is 0 Å². The molecule has 1 N–H and O–H groups in total. The summed E-state index contributed by atoms with van der Waals surface area (Å²) in [5.41, 5.74) is -0.198. The number of fused-ring (bicyclic) bond motifs is 1. The van der Waals surface area contributed by atoms with Crippen LogP contribution in [0.2, 0.25) is 0 Å². The predicted octanol–water partition coefficient (Wildman–Crippen LogP) is 1.02. The molecule has 1 fully saturated rings. The van der Waals surface area contributed by atoms with Gasteiger partial charge in [0.15, 0.2) is 5.82 Å². The zero-order chi connectivity index (χ0) is 14.7. The molecule has 0 radical (unpaired) electrons. The third kappa shape index (κ3) is 2.92. The minimum Gasteiger partial charge on any atom is -0.382 e. The molecule has 1 saturated carbocycles. The first-order valence-electron chi connectivity index (χ1n) is 7.81. The third-order valence-corrected chi connectivity index (χ3v) is 4.67. The van der Waals surface area contributed by atoms with Crippen LogP contribution in [0.1, 0.15) is 56.7 Å². The Bertz CT molecular complexity index is 495. The van der Waals surface area contributed by atoms with Gasteiger partial charge in [-0.1, -0.05) is 19.3 Å². The minimum absolute atomic E-state index is 0.0481. The topological polar surface area (TPSA) is 81.9 Å². The van der Waals surface area contributed by atoms with Gasteiger partial charge in [-0.05, 0) is 36.1 Å². The van der Waals surface area contributed by atoms with Crippen molar-refractivity contribution in [3.05, 3.63) is 5.82 Å². The molecule has 2 heterocycles. The van der Waals surface area contributed by atoms with Crippen LogP contribution in [0.4, 0.5) is 0 Å². The SMILES string of the molecule is COCC1(NC(=O)C2CCCCn3nnnc32)CCCC1. The highest BCUT2D eigenvalue weighted by atomic mass is 16.5. The van der Waals surface area contributed by atoms with Crippen LogP contribution >= 0.6 is 0 Å². The van der Waals surface area contributed by atoms with Gasteiger partial charge in [0.2, 0.25) is 5.91 Å². The van der Waals surface area contributed by atoms with E-state index in [4.69, 9.17) is 4.74 Å². The van der Waals surface area contributed by atoms with Gasteiger partial charge in [0.1, 0.15) is 0 Å². The lowest BCUT2D eigenvalue weighted by Gasteiger charge is -2.31. The molecule has 21 heavy (non-hydrogen) atoms. The molecule has 1 aliphatic carbocycles. The number of aromatic nitrogens is 4. The lowest BCUT2D eigenvalue weighted by Crippen LogP contribution is -2.51. The number of carbonyl (C=O) groups is 1. The predicted molar refractivity (Wildman–Crippen MR) is 75.6 cm³/mol. The number of aryl methyl sites for hydroxylation is 1. The van der Waals surface area contributed by atoms with Crippen molar-refractivity contribution in [2.24, 2.45) is 0 Å². The molecular formula is C14H23N5O2. The van der Waals surface area contributed by atoms with Crippen molar-refractivity contribution in [2.75, 3.05) is 13.7 Å². The summed E-state index contributed by atoms with van der Waals surface area (Å²) in [6, 6.07) is 0. The van der Waals surface area contributed by atoms with E-state index in [1.165, 1.54) is 0 Å². The molecule has 0 saturated heterocycles. The highest BCUT2D eigenvalue weighted by molar-refractivity contribution is 5.83. The Morgan fingerprint density at radius 3 is 2.95 bits per heavy atom. The van der Waals surface area contributed by atoms with E-state index >= 15 is 0 Å². The highest BCUT2D eigenvalue weighted by Gasteiger charge is 2.38. The summed E-state index contributed by atoms with van der Waals surface area (Å²) in [5, 5.41) is 15.0. The van der Waals surface area contributed by atoms with E-state index in [-0.39, 0.29) is 17.4 Å². The fourth-order valence-electron chi connectivity index (χ4n) is 3.59. The number of nitrogens with zero attached hydrogens (tertiary/aromatic N) is 4. The Balaban J connectivity index is 1.76. The molecule has 2 aliphatic rings. The van der Waals surface area contributed by atoms with Crippen LogP contribution in [0.5, 0.6) is 0 Å². The smallest absolute Gasteiger partial charge is 0.231 e. The van der Waals surface area contributed by atoms with Crippen molar-refractivity contribution < 1.29 is 9.53 Å². The maximum Gasteiger partial charge on any atom is 0.231 e. The average molecular weight is 293 g/mol. The Kier molecular flexibility index (Phi) is 4.19. The van der Waals surface area contributed by atoms with Crippen molar-refractivity contribution >= 4 is 5.91 Å². The van der Waals surface area contributed by atoms with Gasteiger partial charge in [0.25, 0.3) is 0 Å². The summed E-state index contributed by atoms with van der Waals surface area (Å²) in [6.07, 6.45) is 7.12. The van der Waals surface area contributed by atoms with Crippen LogP contribution in [-0.4, -0.2) is 45.4 Å². The molecule has 1 atom stereocenters. The van der Waals surface area contributed by atoms with Gasteiger partial charge in [-0.3, -0.25) is 4.79 Å². The quantitative estimate of drug-likeness (QED) is 0.896. The first-order valence-corrected chi connectivity index (χ1v) is 7.81. The number of nitrogens with one attached hydrogen (secondary N) is 1. The molecule has 1 amide bonds. The highest BCUT2D eigenvalue weighted by Crippen LogP contribution is 2.32. The Labute approximate surface area is 124 Å². The first-order chi connectivity index (χ1) is 10.2. The molecular weight excluding hydrogens is 270 g/mol. The van der Waals surface area contributed by atoms with E-state index in [0.29, 0.717) is 12.4 Å². The Morgan fingerprint density at radius 2 is 2.19 bits per heavy atom. The first kappa shape index (κ1) is 14.4. The molecule has 0 aromatic carbocycles. The number of methoxy groups -OCH3 is 1. The average Bonchev–Trinajstić information content (AvgIpc) is 3.06. The van der Waals surface area contributed by atoms with E-state index in [1.54, 1.807) is 11.8 Å². The summed E-state index contributed by atoms with van der Waals surface area (Å²) in [7, 11) is 1.69. The monoisotopic (exact) mass is 293 g/mol. The van der Waals surface area contributed by atoms with Crippen LogP contribution < -0.4 is 5.32 Å². The van der Waals surface area contributed by atoms with Crippen molar-refractivity contribution in [3.8, 4) is 0 Å². The zero-order valence-electron chi connectivity index (χ0n) is 12.5. The Morgan fingerprint density at radius 1 is 1.38 bits per heavy atom. The fourth-order valence-corrected chi connectivity index (χ4v) is 3.59. The van der Waals surface area contributed by atoms with Gasteiger partial charge >= 0.3 is 0 Å². The van der Waals surface area contributed by atoms with Gasteiger partial charge in [-0.15, -0.1) is 5.10 Å². The van der Waals surface area contributed by atoms with Crippen molar-refractivity contribution in [1.29, 1.82) is 0 Å². The second-order valence-electron chi connectivity index (χ2n) is 6.22. The van der Waals surface area contributed by atoms with E-state index < -0.39 is 0 Å². The molecule has 7 nitrogen and oxygen atoms in total. The largest absolute Gasteiger partial charge is 0.382 e. The molecule has 1 aromatic rings. The molecule has 1 aromatic heterocycles. The number of ether oxygens (including phenoxy) is 1. The van der Waals surface area contributed by atoms with Crippen LogP contribution in [0.3, 0.4) is 0 Å². The van der Waals surface area contributed by atoms with Crippen molar-refractivity contribution in [1.82, 2.24) is 25.5 Å². The summed E-state index contributed by atoms with van der Waals surface area (Å²) in [6.45, 7) is 1.38. The standard InChI is InChI=1S/C14H23N5O2/c1-21-10-14(7-3-4-8-14)15-13(20)11-6-2-5-9-19-12(11)16-17-18-19/h11H,2-10H2,1H3,(H,15,20). The van der Waals surface area contributed by atoms with Gasteiger partial charge in [0.05, 0.1) is 18.1 Å². The van der Waals surface area contributed by atoms with E-state index in [2.05, 4.69) is 20.8 Å². The molecule has 0 spiro atoms. The summed E-state index contributed by atoms with van der Waals surface area (Å²) < 4.78 is 7.11. The number of tetrazole rings is 1. The fraction of sp³-hybridized carbons (Fsp3) is 0.857.